The molecule has 4 heteroatoms. The molecule has 0 aromatic heterocycles. The van der Waals surface area contributed by atoms with Crippen molar-refractivity contribution in [2.45, 2.75) is 45.1 Å². The second kappa shape index (κ2) is 8.54. The van der Waals surface area contributed by atoms with Gasteiger partial charge in [-0.2, -0.15) is 0 Å². The number of aryl methyl sites for hydroxylation is 1. The highest BCUT2D eigenvalue weighted by molar-refractivity contribution is 9.10. The highest BCUT2D eigenvalue weighted by atomic mass is 79.9. The lowest BCUT2D eigenvalue weighted by Crippen LogP contribution is -2.46. The van der Waals surface area contributed by atoms with Crippen LogP contribution in [0.2, 0.25) is 0 Å². The van der Waals surface area contributed by atoms with Crippen molar-refractivity contribution in [1.82, 2.24) is 10.2 Å². The first kappa shape index (κ1) is 16.5. The summed E-state index contributed by atoms with van der Waals surface area (Å²) < 4.78 is 1.08. The molecule has 0 spiro atoms. The molecule has 2 rings (SSSR count). The van der Waals surface area contributed by atoms with Gasteiger partial charge >= 0.3 is 0 Å². The van der Waals surface area contributed by atoms with E-state index in [4.69, 9.17) is 0 Å². The van der Waals surface area contributed by atoms with E-state index in [9.17, 15) is 4.79 Å². The Hall–Kier alpha value is -0.870. The summed E-state index contributed by atoms with van der Waals surface area (Å²) in [5, 5.41) is 3.37. The molecular weight excluding hydrogens is 328 g/mol. The second-order valence-electron chi connectivity index (χ2n) is 5.69. The number of hydrogen-bond acceptors (Lipinski definition) is 2. The average Bonchev–Trinajstić information content (AvgIpc) is 2.52. The van der Waals surface area contributed by atoms with Gasteiger partial charge in [0.2, 0.25) is 5.91 Å². The smallest absolute Gasteiger partial charge is 0.223 e. The molecule has 21 heavy (non-hydrogen) atoms. The standard InChI is InChI=1S/C17H25BrN2O/c1-2-13-20(16-9-11-19-12-10-16)17(21)8-5-14-3-6-15(18)7-4-14/h3-4,6-7,16,19H,2,5,8-13H2,1H3. The maximum absolute atomic E-state index is 12.6. The normalized spacial score (nSPS) is 15.9. The molecule has 1 amide bonds. The minimum Gasteiger partial charge on any atom is -0.340 e. The molecule has 0 bridgehead atoms. The Morgan fingerprint density at radius 2 is 1.95 bits per heavy atom. The van der Waals surface area contributed by atoms with Crippen molar-refractivity contribution in [3.05, 3.63) is 34.3 Å². The van der Waals surface area contributed by atoms with E-state index < -0.39 is 0 Å². The van der Waals surface area contributed by atoms with Gasteiger partial charge in [-0.25, -0.2) is 0 Å². The summed E-state index contributed by atoms with van der Waals surface area (Å²) in [6, 6.07) is 8.69. The van der Waals surface area contributed by atoms with Crippen molar-refractivity contribution in [1.29, 1.82) is 0 Å². The van der Waals surface area contributed by atoms with Crippen LogP contribution >= 0.6 is 15.9 Å². The largest absolute Gasteiger partial charge is 0.340 e. The van der Waals surface area contributed by atoms with E-state index in [-0.39, 0.29) is 0 Å². The lowest BCUT2D eigenvalue weighted by molar-refractivity contribution is -0.134. The first-order chi connectivity index (χ1) is 10.2. The minimum absolute atomic E-state index is 0.312. The Morgan fingerprint density at radius 3 is 2.57 bits per heavy atom. The Balaban J connectivity index is 1.89. The number of rotatable bonds is 6. The zero-order chi connectivity index (χ0) is 15.1. The fraction of sp³-hybridized carbons (Fsp3) is 0.588. The van der Waals surface area contributed by atoms with Gasteiger partial charge in [0.1, 0.15) is 0 Å². The van der Waals surface area contributed by atoms with Crippen molar-refractivity contribution in [2.75, 3.05) is 19.6 Å². The van der Waals surface area contributed by atoms with E-state index in [0.717, 1.165) is 49.8 Å². The lowest BCUT2D eigenvalue weighted by Gasteiger charge is -2.34. The van der Waals surface area contributed by atoms with E-state index in [1.807, 2.05) is 12.1 Å². The van der Waals surface area contributed by atoms with Crippen molar-refractivity contribution >= 4 is 21.8 Å². The van der Waals surface area contributed by atoms with Gasteiger partial charge in [0.05, 0.1) is 0 Å². The molecule has 3 nitrogen and oxygen atoms in total. The van der Waals surface area contributed by atoms with Gasteiger partial charge in [0.15, 0.2) is 0 Å². The quantitative estimate of drug-likeness (QED) is 0.851. The molecule has 116 valence electrons. The van der Waals surface area contributed by atoms with Crippen LogP contribution in [0.1, 0.15) is 38.2 Å². The molecule has 1 fully saturated rings. The molecule has 0 unspecified atom stereocenters. The van der Waals surface area contributed by atoms with Crippen LogP contribution in [-0.2, 0) is 11.2 Å². The van der Waals surface area contributed by atoms with Crippen molar-refractivity contribution in [3.63, 3.8) is 0 Å². The molecule has 1 aliphatic rings. The number of nitrogens with one attached hydrogen (secondary N) is 1. The van der Waals surface area contributed by atoms with Gasteiger partial charge in [-0.3, -0.25) is 4.79 Å². The first-order valence-electron chi connectivity index (χ1n) is 7.95. The fourth-order valence-corrected chi connectivity index (χ4v) is 3.18. The zero-order valence-electron chi connectivity index (χ0n) is 12.8. The van der Waals surface area contributed by atoms with Crippen molar-refractivity contribution < 1.29 is 4.79 Å². The lowest BCUT2D eigenvalue weighted by atomic mass is 10.0. The number of carbonyl (C=O) groups is 1. The third kappa shape index (κ3) is 5.11. The van der Waals surface area contributed by atoms with Gasteiger partial charge in [-0.05, 0) is 56.5 Å². The zero-order valence-corrected chi connectivity index (χ0v) is 14.4. The number of piperidine rings is 1. The third-order valence-corrected chi connectivity index (χ3v) is 4.60. The van der Waals surface area contributed by atoms with Gasteiger partial charge in [0, 0.05) is 23.5 Å². The average molecular weight is 353 g/mol. The summed E-state index contributed by atoms with van der Waals surface area (Å²) in [6.07, 6.45) is 4.66. The molecule has 0 aliphatic carbocycles. The molecule has 0 saturated carbocycles. The topological polar surface area (TPSA) is 32.3 Å². The van der Waals surface area contributed by atoms with E-state index >= 15 is 0 Å². The second-order valence-corrected chi connectivity index (χ2v) is 6.61. The minimum atomic E-state index is 0.312. The Kier molecular flexibility index (Phi) is 6.71. The SMILES string of the molecule is CCCN(C(=O)CCc1ccc(Br)cc1)C1CCNCC1. The summed E-state index contributed by atoms with van der Waals surface area (Å²) in [6.45, 7) is 5.11. The van der Waals surface area contributed by atoms with Crippen molar-refractivity contribution in [3.8, 4) is 0 Å². The molecule has 1 aliphatic heterocycles. The Morgan fingerprint density at radius 1 is 1.29 bits per heavy atom. The first-order valence-corrected chi connectivity index (χ1v) is 8.74. The number of carbonyl (C=O) groups excluding carboxylic acids is 1. The van der Waals surface area contributed by atoms with Crippen LogP contribution in [-0.4, -0.2) is 36.5 Å². The molecule has 1 saturated heterocycles. The summed E-state index contributed by atoms with van der Waals surface area (Å²) >= 11 is 3.44. The number of halogens is 1. The number of benzene rings is 1. The molecule has 0 atom stereocenters. The van der Waals surface area contributed by atoms with Gasteiger partial charge < -0.3 is 10.2 Å². The van der Waals surface area contributed by atoms with E-state index in [1.54, 1.807) is 0 Å². The van der Waals surface area contributed by atoms with Crippen molar-refractivity contribution in [2.24, 2.45) is 0 Å². The maximum atomic E-state index is 12.6. The monoisotopic (exact) mass is 352 g/mol. The summed E-state index contributed by atoms with van der Waals surface area (Å²) in [5.41, 5.74) is 1.23. The Bertz CT molecular complexity index is 441. The maximum Gasteiger partial charge on any atom is 0.223 e. The number of nitrogens with zero attached hydrogens (tertiary/aromatic N) is 1. The molecular formula is C17H25BrN2O. The third-order valence-electron chi connectivity index (χ3n) is 4.08. The summed E-state index contributed by atoms with van der Waals surface area (Å²) in [5.74, 6) is 0.312. The van der Waals surface area contributed by atoms with Gasteiger partial charge in [-0.1, -0.05) is 35.0 Å². The van der Waals surface area contributed by atoms with Crippen LogP contribution in [0.5, 0.6) is 0 Å². The number of hydrogen-bond donors (Lipinski definition) is 1. The van der Waals surface area contributed by atoms with Crippen LogP contribution in [0.3, 0.4) is 0 Å². The molecule has 1 heterocycles. The fourth-order valence-electron chi connectivity index (χ4n) is 2.92. The molecule has 1 aromatic rings. The highest BCUT2D eigenvalue weighted by Gasteiger charge is 2.24. The molecule has 1 aromatic carbocycles. The Labute approximate surface area is 136 Å². The van der Waals surface area contributed by atoms with Crippen LogP contribution in [0.4, 0.5) is 0 Å². The molecule has 1 N–H and O–H groups in total. The van der Waals surface area contributed by atoms with E-state index in [2.05, 4.69) is 45.2 Å². The van der Waals surface area contributed by atoms with E-state index in [1.165, 1.54) is 5.56 Å². The number of amides is 1. The van der Waals surface area contributed by atoms with E-state index in [0.29, 0.717) is 18.4 Å². The van der Waals surface area contributed by atoms with Crippen LogP contribution < -0.4 is 5.32 Å². The van der Waals surface area contributed by atoms with Crippen LogP contribution in [0, 0.1) is 0 Å². The summed E-state index contributed by atoms with van der Waals surface area (Å²) in [7, 11) is 0. The predicted molar refractivity (Wildman–Crippen MR) is 90.4 cm³/mol. The van der Waals surface area contributed by atoms with Gasteiger partial charge in [-0.15, -0.1) is 0 Å². The highest BCUT2D eigenvalue weighted by Crippen LogP contribution is 2.16. The van der Waals surface area contributed by atoms with Gasteiger partial charge in [0.25, 0.3) is 0 Å². The molecule has 0 radical (unpaired) electrons. The van der Waals surface area contributed by atoms with Crippen LogP contribution in [0.25, 0.3) is 0 Å². The summed E-state index contributed by atoms with van der Waals surface area (Å²) in [4.78, 5) is 14.7. The predicted octanol–water partition coefficient (Wildman–Crippen LogP) is 3.37. The van der Waals surface area contributed by atoms with Crippen LogP contribution in [0.15, 0.2) is 28.7 Å².